The van der Waals surface area contributed by atoms with Gasteiger partial charge in [0.25, 0.3) is 0 Å². The Hall–Kier alpha value is -0.780. The molecule has 2 fully saturated rings. The SMILES string of the molecule is CCCCCCCc1ccc(CC[C@H]2CC[C@H]([C@H]3CC[C@H](CC)CC3)CC2)cc1. The third-order valence-electron chi connectivity index (χ3n) is 8.46. The summed E-state index contributed by atoms with van der Waals surface area (Å²) >= 11 is 0. The lowest BCUT2D eigenvalue weighted by Crippen LogP contribution is -2.25. The highest BCUT2D eigenvalue weighted by atomic mass is 14.4. The average Bonchev–Trinajstić information content (AvgIpc) is 2.79. The minimum Gasteiger partial charge on any atom is -0.0654 e. The van der Waals surface area contributed by atoms with Gasteiger partial charge >= 0.3 is 0 Å². The molecule has 0 aliphatic heterocycles. The molecule has 2 saturated carbocycles. The molecule has 0 unspecified atom stereocenters. The summed E-state index contributed by atoms with van der Waals surface area (Å²) in [4.78, 5) is 0. The van der Waals surface area contributed by atoms with Crippen molar-refractivity contribution in [3.63, 3.8) is 0 Å². The average molecular weight is 397 g/mol. The second-order valence-corrected chi connectivity index (χ2v) is 10.5. The summed E-state index contributed by atoms with van der Waals surface area (Å²) in [6.07, 6.45) is 24.5. The van der Waals surface area contributed by atoms with Gasteiger partial charge in [0.2, 0.25) is 0 Å². The molecule has 1 aromatic carbocycles. The molecule has 0 saturated heterocycles. The number of unbranched alkanes of at least 4 members (excludes halogenated alkanes) is 4. The monoisotopic (exact) mass is 396 g/mol. The van der Waals surface area contributed by atoms with Crippen LogP contribution in [0.3, 0.4) is 0 Å². The highest BCUT2D eigenvalue weighted by molar-refractivity contribution is 5.22. The van der Waals surface area contributed by atoms with Crippen LogP contribution in [0.15, 0.2) is 24.3 Å². The molecule has 0 spiro atoms. The van der Waals surface area contributed by atoms with Crippen molar-refractivity contribution >= 4 is 0 Å². The van der Waals surface area contributed by atoms with E-state index in [1.807, 2.05) is 0 Å². The number of aryl methyl sites for hydroxylation is 2. The molecule has 0 heteroatoms. The molecule has 2 aliphatic rings. The lowest BCUT2D eigenvalue weighted by molar-refractivity contribution is 0.142. The molecular formula is C29H48. The third-order valence-corrected chi connectivity index (χ3v) is 8.46. The van der Waals surface area contributed by atoms with Crippen molar-refractivity contribution in [3.05, 3.63) is 35.4 Å². The molecule has 0 atom stereocenters. The van der Waals surface area contributed by atoms with Gasteiger partial charge in [0.15, 0.2) is 0 Å². The van der Waals surface area contributed by atoms with Crippen molar-refractivity contribution in [3.8, 4) is 0 Å². The normalized spacial score (nSPS) is 27.8. The third kappa shape index (κ3) is 7.76. The summed E-state index contributed by atoms with van der Waals surface area (Å²) < 4.78 is 0. The van der Waals surface area contributed by atoms with Crippen LogP contribution in [0.2, 0.25) is 0 Å². The van der Waals surface area contributed by atoms with Crippen molar-refractivity contribution in [2.45, 2.75) is 123 Å². The van der Waals surface area contributed by atoms with Crippen molar-refractivity contribution in [1.82, 2.24) is 0 Å². The summed E-state index contributed by atoms with van der Waals surface area (Å²) in [7, 11) is 0. The molecule has 2 aliphatic carbocycles. The summed E-state index contributed by atoms with van der Waals surface area (Å²) in [6.45, 7) is 4.68. The highest BCUT2D eigenvalue weighted by Gasteiger charge is 2.30. The second kappa shape index (κ2) is 12.8. The maximum atomic E-state index is 2.42. The molecule has 29 heavy (non-hydrogen) atoms. The Bertz CT molecular complexity index is 526. The lowest BCUT2D eigenvalue weighted by atomic mass is 9.68. The Kier molecular flexibility index (Phi) is 10.1. The van der Waals surface area contributed by atoms with E-state index < -0.39 is 0 Å². The van der Waals surface area contributed by atoms with Crippen LogP contribution < -0.4 is 0 Å². The summed E-state index contributed by atoms with van der Waals surface area (Å²) in [6, 6.07) is 9.63. The number of hydrogen-bond acceptors (Lipinski definition) is 0. The van der Waals surface area contributed by atoms with Gasteiger partial charge in [0.05, 0.1) is 0 Å². The van der Waals surface area contributed by atoms with Crippen LogP contribution >= 0.6 is 0 Å². The fraction of sp³-hybridized carbons (Fsp3) is 0.793. The molecule has 0 bridgehead atoms. The minimum absolute atomic E-state index is 0.997. The predicted octanol–water partition coefficient (Wildman–Crippen LogP) is 9.15. The largest absolute Gasteiger partial charge is 0.0654 e. The van der Waals surface area contributed by atoms with Crippen molar-refractivity contribution in [1.29, 1.82) is 0 Å². The van der Waals surface area contributed by atoms with E-state index in [2.05, 4.69) is 38.1 Å². The van der Waals surface area contributed by atoms with E-state index in [0.717, 1.165) is 23.7 Å². The van der Waals surface area contributed by atoms with Crippen LogP contribution in [0.5, 0.6) is 0 Å². The molecule has 3 rings (SSSR count). The molecule has 0 amide bonds. The molecule has 164 valence electrons. The minimum atomic E-state index is 0.997. The van der Waals surface area contributed by atoms with Gasteiger partial charge in [0.1, 0.15) is 0 Å². The first kappa shape index (κ1) is 22.9. The van der Waals surface area contributed by atoms with E-state index in [4.69, 9.17) is 0 Å². The van der Waals surface area contributed by atoms with Gasteiger partial charge in [-0.25, -0.2) is 0 Å². The van der Waals surface area contributed by atoms with Crippen LogP contribution in [0.25, 0.3) is 0 Å². The van der Waals surface area contributed by atoms with E-state index >= 15 is 0 Å². The van der Waals surface area contributed by atoms with Gasteiger partial charge in [-0.2, -0.15) is 0 Å². The molecule has 0 radical (unpaired) electrons. The van der Waals surface area contributed by atoms with Crippen molar-refractivity contribution in [2.24, 2.45) is 23.7 Å². The van der Waals surface area contributed by atoms with Crippen molar-refractivity contribution < 1.29 is 0 Å². The highest BCUT2D eigenvalue weighted by Crippen LogP contribution is 2.42. The number of benzene rings is 1. The zero-order valence-electron chi connectivity index (χ0n) is 19.6. The van der Waals surface area contributed by atoms with Gasteiger partial charge in [-0.1, -0.05) is 95.9 Å². The van der Waals surface area contributed by atoms with Crippen LogP contribution in [-0.2, 0) is 12.8 Å². The number of hydrogen-bond donors (Lipinski definition) is 0. The smallest absolute Gasteiger partial charge is 0.0276 e. The molecule has 0 heterocycles. The topological polar surface area (TPSA) is 0 Å². The quantitative estimate of drug-likeness (QED) is 0.327. The van der Waals surface area contributed by atoms with E-state index in [-0.39, 0.29) is 0 Å². The fourth-order valence-electron chi connectivity index (χ4n) is 6.19. The Morgan fingerprint density at radius 2 is 1.10 bits per heavy atom. The van der Waals surface area contributed by atoms with Crippen LogP contribution in [0.4, 0.5) is 0 Å². The first-order valence-corrected chi connectivity index (χ1v) is 13.4. The standard InChI is InChI=1S/C29H48/c1-3-5-6-7-8-9-25-10-12-26(13-11-25)14-15-27-18-22-29(23-19-27)28-20-16-24(4-2)17-21-28/h10-13,24,27-29H,3-9,14-23H2,1-2H3/t24-,27-,28-,29-. The van der Waals surface area contributed by atoms with Gasteiger partial charge in [-0.15, -0.1) is 0 Å². The van der Waals surface area contributed by atoms with Gasteiger partial charge < -0.3 is 0 Å². The van der Waals surface area contributed by atoms with Crippen LogP contribution in [-0.4, -0.2) is 0 Å². The zero-order chi connectivity index (χ0) is 20.3. The molecule has 1 aromatic rings. The van der Waals surface area contributed by atoms with Gasteiger partial charge in [0, 0.05) is 0 Å². The van der Waals surface area contributed by atoms with Gasteiger partial charge in [-0.3, -0.25) is 0 Å². The van der Waals surface area contributed by atoms with E-state index in [0.29, 0.717) is 0 Å². The summed E-state index contributed by atoms with van der Waals surface area (Å²) in [5.41, 5.74) is 3.11. The molecule has 0 nitrogen and oxygen atoms in total. The summed E-state index contributed by atoms with van der Waals surface area (Å²) in [5, 5.41) is 0. The lowest BCUT2D eigenvalue weighted by Gasteiger charge is -2.37. The Morgan fingerprint density at radius 1 is 0.586 bits per heavy atom. The fourth-order valence-corrected chi connectivity index (χ4v) is 6.19. The molecule has 0 aromatic heterocycles. The van der Waals surface area contributed by atoms with E-state index in [9.17, 15) is 0 Å². The maximum absolute atomic E-state index is 2.42. The van der Waals surface area contributed by atoms with Crippen molar-refractivity contribution in [2.75, 3.05) is 0 Å². The van der Waals surface area contributed by atoms with Crippen LogP contribution in [0.1, 0.15) is 121 Å². The Labute approximate surface area is 182 Å². The van der Waals surface area contributed by atoms with E-state index in [1.165, 1.54) is 96.3 Å². The zero-order valence-corrected chi connectivity index (χ0v) is 19.6. The Balaban J connectivity index is 1.30. The predicted molar refractivity (Wildman–Crippen MR) is 128 cm³/mol. The maximum Gasteiger partial charge on any atom is -0.0276 e. The molecule has 0 N–H and O–H groups in total. The molecular weight excluding hydrogens is 348 g/mol. The van der Waals surface area contributed by atoms with E-state index in [1.54, 1.807) is 24.0 Å². The number of rotatable bonds is 11. The van der Waals surface area contributed by atoms with Gasteiger partial charge in [-0.05, 0) is 86.2 Å². The summed E-state index contributed by atoms with van der Waals surface area (Å²) in [5.74, 6) is 4.19. The Morgan fingerprint density at radius 3 is 1.66 bits per heavy atom. The first-order valence-electron chi connectivity index (χ1n) is 13.4. The van der Waals surface area contributed by atoms with Crippen LogP contribution in [0, 0.1) is 23.7 Å². The second-order valence-electron chi connectivity index (χ2n) is 10.5. The first-order chi connectivity index (χ1) is 14.3.